The minimum Gasteiger partial charge on any atom is -0.462 e. The summed E-state index contributed by atoms with van der Waals surface area (Å²) in [5, 5.41) is 0. The van der Waals surface area contributed by atoms with Gasteiger partial charge in [-0.3, -0.25) is 19.1 Å². The number of hydrogen-bond donors (Lipinski definition) is 0. The van der Waals surface area contributed by atoms with Gasteiger partial charge in [-0.15, -0.1) is 5.73 Å². The Balaban J connectivity index is 1.73. The summed E-state index contributed by atoms with van der Waals surface area (Å²) in [5.41, 5.74) is 5.69. The first-order valence-electron chi connectivity index (χ1n) is 17.2. The summed E-state index contributed by atoms with van der Waals surface area (Å²) in [6.45, 7) is 10.4. The zero-order valence-electron chi connectivity index (χ0n) is 28.0. The summed E-state index contributed by atoms with van der Waals surface area (Å²) in [6, 6.07) is 0. The molecule has 8 heteroatoms. The van der Waals surface area contributed by atoms with Crippen molar-refractivity contribution in [3.05, 3.63) is 29.0 Å². The van der Waals surface area contributed by atoms with Crippen molar-refractivity contribution in [1.82, 2.24) is 0 Å². The topological polar surface area (TPSA) is 89.5 Å². The summed E-state index contributed by atoms with van der Waals surface area (Å²) >= 11 is 0. The maximum atomic E-state index is 12.3. The van der Waals surface area contributed by atoms with Gasteiger partial charge in [0.2, 0.25) is 0 Å². The number of allylic oxidation sites excluding steroid dienone is 3. The van der Waals surface area contributed by atoms with Crippen LogP contribution in [0.15, 0.2) is 29.0 Å². The Hall–Kier alpha value is -1.96. The molecule has 3 fully saturated rings. The molecule has 0 amide bonds. The first-order valence-corrected chi connectivity index (χ1v) is 17.2. The van der Waals surface area contributed by atoms with Crippen LogP contribution in [0.5, 0.6) is 0 Å². The lowest BCUT2D eigenvalue weighted by molar-refractivity contribution is -0.440. The number of carbonyl (C=O) groups excluding carboxylic acids is 2. The fraction of sp³-hybridized carbons (Fsp3) is 0.806. The van der Waals surface area contributed by atoms with Crippen LogP contribution in [-0.2, 0) is 38.0 Å². The van der Waals surface area contributed by atoms with Crippen LogP contribution in [0.1, 0.15) is 137 Å². The highest BCUT2D eigenvalue weighted by Crippen LogP contribution is 2.39. The van der Waals surface area contributed by atoms with Crippen LogP contribution in [0, 0.1) is 11.8 Å². The Morgan fingerprint density at radius 3 is 2.09 bits per heavy atom. The lowest BCUT2D eigenvalue weighted by Gasteiger charge is -2.39. The van der Waals surface area contributed by atoms with Crippen LogP contribution in [-0.4, -0.2) is 49.8 Å². The molecule has 2 heterocycles. The fourth-order valence-electron chi connectivity index (χ4n) is 6.55. The van der Waals surface area contributed by atoms with E-state index in [1.807, 2.05) is 6.92 Å². The Labute approximate surface area is 265 Å². The van der Waals surface area contributed by atoms with Crippen molar-refractivity contribution in [2.75, 3.05) is 13.2 Å². The molecule has 0 aromatic carbocycles. The maximum Gasteiger partial charge on any atom is 0.333 e. The first-order chi connectivity index (χ1) is 21.2. The third kappa shape index (κ3) is 13.2. The second-order valence-electron chi connectivity index (χ2n) is 12.8. The van der Waals surface area contributed by atoms with Crippen LogP contribution in [0.3, 0.4) is 0 Å². The van der Waals surface area contributed by atoms with Gasteiger partial charge >= 0.3 is 17.9 Å². The van der Waals surface area contributed by atoms with E-state index in [4.69, 9.17) is 28.4 Å². The zero-order valence-corrected chi connectivity index (χ0v) is 28.0. The third-order valence-electron chi connectivity index (χ3n) is 8.71. The van der Waals surface area contributed by atoms with Crippen LogP contribution in [0.4, 0.5) is 0 Å². The van der Waals surface area contributed by atoms with Crippen LogP contribution in [0.2, 0.25) is 0 Å². The van der Waals surface area contributed by atoms with Crippen LogP contribution >= 0.6 is 0 Å². The van der Waals surface area contributed by atoms with Gasteiger partial charge in [-0.25, -0.2) is 0 Å². The van der Waals surface area contributed by atoms with Gasteiger partial charge < -0.3 is 18.9 Å². The zero-order chi connectivity index (χ0) is 31.8. The highest BCUT2D eigenvalue weighted by molar-refractivity contribution is 5.66. The van der Waals surface area contributed by atoms with Crippen LogP contribution < -0.4 is 0 Å². The Bertz CT molecular complexity index is 949. The molecule has 5 atom stereocenters. The summed E-state index contributed by atoms with van der Waals surface area (Å²) in [4.78, 5) is 24.2. The minimum absolute atomic E-state index is 0.0799. The molecular formula is C36H58O8. The molecule has 0 N–H and O–H groups in total. The lowest BCUT2D eigenvalue weighted by atomic mass is 9.88. The van der Waals surface area contributed by atoms with E-state index < -0.39 is 24.5 Å². The monoisotopic (exact) mass is 618 g/mol. The average molecular weight is 619 g/mol. The molecular weight excluding hydrogens is 560 g/mol. The van der Waals surface area contributed by atoms with Gasteiger partial charge in [0.25, 0.3) is 0 Å². The lowest BCUT2D eigenvalue weighted by Crippen LogP contribution is -2.48. The number of hydrogen-bond acceptors (Lipinski definition) is 8. The van der Waals surface area contributed by atoms with Gasteiger partial charge in [0.15, 0.2) is 12.6 Å². The van der Waals surface area contributed by atoms with E-state index >= 15 is 0 Å². The summed E-state index contributed by atoms with van der Waals surface area (Å²) in [7, 11) is 0. The fourth-order valence-corrected chi connectivity index (χ4v) is 6.55. The quantitative estimate of drug-likeness (QED) is 0.0528. The minimum atomic E-state index is -1.61. The van der Waals surface area contributed by atoms with Crippen molar-refractivity contribution in [2.45, 2.75) is 162 Å². The molecule has 8 nitrogen and oxygen atoms in total. The highest BCUT2D eigenvalue weighted by Gasteiger charge is 2.43. The molecule has 2 unspecified atom stereocenters. The first kappa shape index (κ1) is 36.5. The predicted molar refractivity (Wildman–Crippen MR) is 169 cm³/mol. The number of esters is 2. The predicted octanol–water partition coefficient (Wildman–Crippen LogP) is 8.44. The molecule has 250 valence electrons. The number of rotatable bonds is 17. The van der Waals surface area contributed by atoms with E-state index in [0.29, 0.717) is 44.8 Å². The van der Waals surface area contributed by atoms with E-state index in [2.05, 4.69) is 31.7 Å². The second-order valence-corrected chi connectivity index (χ2v) is 12.8. The molecule has 2 aliphatic heterocycles. The average Bonchev–Trinajstić information content (AvgIpc) is 3.34. The molecule has 2 saturated heterocycles. The second kappa shape index (κ2) is 19.5. The van der Waals surface area contributed by atoms with Gasteiger partial charge in [-0.2, -0.15) is 0 Å². The van der Waals surface area contributed by atoms with Gasteiger partial charge in [-0.1, -0.05) is 38.3 Å². The van der Waals surface area contributed by atoms with Gasteiger partial charge in [0.05, 0.1) is 0 Å². The van der Waals surface area contributed by atoms with Crippen molar-refractivity contribution in [1.29, 1.82) is 0 Å². The summed E-state index contributed by atoms with van der Waals surface area (Å²) in [6.07, 6.45) is 18.6. The molecule has 1 aliphatic carbocycles. The maximum absolute atomic E-state index is 12.3. The molecule has 0 radical (unpaired) electrons. The smallest absolute Gasteiger partial charge is 0.333 e. The van der Waals surface area contributed by atoms with Gasteiger partial charge in [-0.05, 0) is 108 Å². The molecule has 1 saturated carbocycles. The van der Waals surface area contributed by atoms with Crippen molar-refractivity contribution >= 4 is 11.9 Å². The Morgan fingerprint density at radius 2 is 1.52 bits per heavy atom. The normalized spacial score (nSPS) is 27.0. The van der Waals surface area contributed by atoms with E-state index in [1.54, 1.807) is 0 Å². The Kier molecular flexibility index (Phi) is 16.2. The van der Waals surface area contributed by atoms with Crippen molar-refractivity contribution in [2.24, 2.45) is 11.8 Å². The van der Waals surface area contributed by atoms with Gasteiger partial charge in [0, 0.05) is 39.4 Å². The molecule has 0 spiro atoms. The summed E-state index contributed by atoms with van der Waals surface area (Å²) in [5.74, 6) is -1.70. The molecule has 3 aliphatic rings. The Morgan fingerprint density at radius 1 is 0.841 bits per heavy atom. The third-order valence-corrected chi connectivity index (χ3v) is 8.71. The summed E-state index contributed by atoms with van der Waals surface area (Å²) < 4.78 is 35.9. The number of unbranched alkanes of at least 4 members (excludes halogenated alkanes) is 4. The van der Waals surface area contributed by atoms with E-state index in [0.717, 1.165) is 62.5 Å². The van der Waals surface area contributed by atoms with E-state index in [-0.39, 0.29) is 18.0 Å². The SMILES string of the molecule is CCCCCCC=C[C@H]1CC[C@H](OC(C)=O)[C@@H]1CC(C)=C=C(C)CCC(OC(C)=O)(OC1CCCCO1)OC1CCCCO1. The van der Waals surface area contributed by atoms with Crippen LogP contribution in [0.25, 0.3) is 0 Å². The molecule has 0 aromatic rings. The molecule has 0 aromatic heterocycles. The standard InChI is InChI=1S/C36H58O8/c1-6-7-8-9-10-11-16-31-19-20-33(41-29(4)37)32(31)26-28(3)25-27(2)21-22-36(42-30(5)38,43-34-17-12-14-23-39-34)44-35-18-13-15-24-40-35/h11,16,31-35H,6-10,12-15,17-24,26H2,1-5H3/t25?,31-,32+,33-,34?,35?,36?/m0/s1. The molecule has 0 bridgehead atoms. The van der Waals surface area contributed by atoms with E-state index in [9.17, 15) is 9.59 Å². The number of carbonyl (C=O) groups is 2. The molecule has 3 rings (SSSR count). The largest absolute Gasteiger partial charge is 0.462 e. The highest BCUT2D eigenvalue weighted by atomic mass is 16.9. The molecule has 44 heavy (non-hydrogen) atoms. The van der Waals surface area contributed by atoms with Crippen molar-refractivity contribution in [3.8, 4) is 0 Å². The van der Waals surface area contributed by atoms with Crippen molar-refractivity contribution < 1.29 is 38.0 Å². The number of ether oxygens (including phenoxy) is 6. The van der Waals surface area contributed by atoms with Gasteiger partial charge in [0.1, 0.15) is 6.10 Å². The van der Waals surface area contributed by atoms with Crippen molar-refractivity contribution in [3.63, 3.8) is 0 Å². The van der Waals surface area contributed by atoms with E-state index in [1.165, 1.54) is 39.5 Å².